The van der Waals surface area contributed by atoms with Gasteiger partial charge in [-0.1, -0.05) is 6.08 Å². The molecule has 3 aliphatic heterocycles. The van der Waals surface area contributed by atoms with Gasteiger partial charge in [0.15, 0.2) is 0 Å². The molecule has 8 heteroatoms. The van der Waals surface area contributed by atoms with Crippen LogP contribution in [0.15, 0.2) is 61.3 Å². The third-order valence-corrected chi connectivity index (χ3v) is 7.55. The van der Waals surface area contributed by atoms with Crippen LogP contribution in [0.1, 0.15) is 30.0 Å². The van der Waals surface area contributed by atoms with E-state index >= 15 is 0 Å². The van der Waals surface area contributed by atoms with Crippen LogP contribution in [0.4, 0.5) is 24.5 Å². The lowest BCUT2D eigenvalue weighted by molar-refractivity contribution is -0.137. The van der Waals surface area contributed by atoms with E-state index in [0.717, 1.165) is 60.3 Å². The number of ether oxygens (including phenoxy) is 1. The van der Waals surface area contributed by atoms with Gasteiger partial charge in [-0.05, 0) is 79.3 Å². The molecule has 1 aromatic heterocycles. The van der Waals surface area contributed by atoms with Crippen molar-refractivity contribution in [3.63, 3.8) is 0 Å². The van der Waals surface area contributed by atoms with Crippen molar-refractivity contribution in [3.8, 4) is 5.75 Å². The molecular weight excluding hydrogens is 453 g/mol. The minimum absolute atomic E-state index is 0.0701. The van der Waals surface area contributed by atoms with Crippen LogP contribution in [0, 0.1) is 11.8 Å². The van der Waals surface area contributed by atoms with E-state index in [4.69, 9.17) is 10.5 Å². The first kappa shape index (κ1) is 23.5. The molecule has 3 saturated heterocycles. The Bertz CT molecular complexity index is 1240. The maximum atomic E-state index is 13.2. The molecule has 5 atom stereocenters. The van der Waals surface area contributed by atoms with Crippen molar-refractivity contribution in [2.45, 2.75) is 31.1 Å². The van der Waals surface area contributed by atoms with E-state index in [9.17, 15) is 13.2 Å². The van der Waals surface area contributed by atoms with Crippen LogP contribution in [0.3, 0.4) is 0 Å². The number of halogens is 3. The Morgan fingerprint density at radius 1 is 1.23 bits per heavy atom. The van der Waals surface area contributed by atoms with Crippen LogP contribution in [-0.2, 0) is 6.18 Å². The summed E-state index contributed by atoms with van der Waals surface area (Å²) >= 11 is 0. The highest BCUT2D eigenvalue weighted by Crippen LogP contribution is 2.44. The van der Waals surface area contributed by atoms with Gasteiger partial charge in [0.1, 0.15) is 5.75 Å². The van der Waals surface area contributed by atoms with Crippen LogP contribution in [-0.4, -0.2) is 36.1 Å². The van der Waals surface area contributed by atoms with Gasteiger partial charge < -0.3 is 15.8 Å². The predicted molar refractivity (Wildman–Crippen MR) is 132 cm³/mol. The zero-order chi connectivity index (χ0) is 24.7. The fourth-order valence-electron chi connectivity index (χ4n) is 5.69. The summed E-state index contributed by atoms with van der Waals surface area (Å²) in [4.78, 5) is 6.99. The van der Waals surface area contributed by atoms with Gasteiger partial charge in [-0.3, -0.25) is 9.88 Å². The van der Waals surface area contributed by atoms with E-state index in [1.54, 1.807) is 13.3 Å². The molecule has 0 saturated carbocycles. The Morgan fingerprint density at radius 3 is 2.71 bits per heavy atom. The summed E-state index contributed by atoms with van der Waals surface area (Å²) < 4.78 is 45.1. The molecule has 184 valence electrons. The molecule has 2 bridgehead atoms. The van der Waals surface area contributed by atoms with Gasteiger partial charge in [-0.25, -0.2) is 0 Å². The minimum atomic E-state index is -4.45. The Hall–Kier alpha value is -3.26. The number of hydrogen-bond acceptors (Lipinski definition) is 5. The number of pyridine rings is 1. The summed E-state index contributed by atoms with van der Waals surface area (Å²) in [5, 5.41) is 4.47. The Kier molecular flexibility index (Phi) is 6.09. The molecule has 3 aromatic rings. The number of fused-ring (bicyclic) bond motifs is 4. The molecule has 0 amide bonds. The van der Waals surface area contributed by atoms with Crippen LogP contribution in [0.2, 0.25) is 0 Å². The van der Waals surface area contributed by atoms with Crippen molar-refractivity contribution >= 4 is 22.3 Å². The van der Waals surface area contributed by atoms with Crippen molar-refractivity contribution in [2.24, 2.45) is 11.8 Å². The second-order valence-electron chi connectivity index (χ2n) is 9.45. The Morgan fingerprint density at radius 2 is 2.06 bits per heavy atom. The molecular formula is C27H29F3N4O. The number of hydrogen-bond donors (Lipinski definition) is 2. The third-order valence-electron chi connectivity index (χ3n) is 7.55. The first-order valence-corrected chi connectivity index (χ1v) is 11.8. The number of piperidine rings is 3. The summed E-state index contributed by atoms with van der Waals surface area (Å²) in [5.74, 6) is 1.70. The summed E-state index contributed by atoms with van der Waals surface area (Å²) in [7, 11) is 1.62. The predicted octanol–water partition coefficient (Wildman–Crippen LogP) is 5.89. The Labute approximate surface area is 202 Å². The van der Waals surface area contributed by atoms with Crippen LogP contribution in [0.25, 0.3) is 10.9 Å². The number of benzene rings is 2. The molecule has 35 heavy (non-hydrogen) atoms. The number of nitrogens with zero attached hydrogens (tertiary/aromatic N) is 2. The first-order chi connectivity index (χ1) is 16.8. The van der Waals surface area contributed by atoms with Gasteiger partial charge in [0, 0.05) is 24.2 Å². The molecule has 5 nitrogen and oxygen atoms in total. The molecule has 0 spiro atoms. The van der Waals surface area contributed by atoms with Gasteiger partial charge in [-0.2, -0.15) is 13.2 Å². The third kappa shape index (κ3) is 4.43. The van der Waals surface area contributed by atoms with Gasteiger partial charge in [-0.15, -0.1) is 6.58 Å². The molecule has 0 aliphatic carbocycles. The van der Waals surface area contributed by atoms with Gasteiger partial charge in [0.2, 0.25) is 0 Å². The van der Waals surface area contributed by atoms with E-state index < -0.39 is 11.7 Å². The van der Waals surface area contributed by atoms with Crippen LogP contribution in [0.5, 0.6) is 5.75 Å². The number of alkyl halides is 3. The number of aromatic nitrogens is 1. The second-order valence-corrected chi connectivity index (χ2v) is 9.45. The van der Waals surface area contributed by atoms with Crippen molar-refractivity contribution in [2.75, 3.05) is 31.2 Å². The number of anilines is 2. The Balaban J connectivity index is 1.59. The topological polar surface area (TPSA) is 63.4 Å². The fourth-order valence-corrected chi connectivity index (χ4v) is 5.69. The zero-order valence-corrected chi connectivity index (χ0v) is 19.6. The maximum absolute atomic E-state index is 13.2. The lowest BCUT2D eigenvalue weighted by Crippen LogP contribution is -2.56. The van der Waals surface area contributed by atoms with E-state index in [0.29, 0.717) is 17.5 Å². The molecule has 2 unspecified atom stereocenters. The number of rotatable bonds is 6. The molecule has 3 aliphatic rings. The SMILES string of the molecule is C=CC1CN2CC[C@H]1C[C@H]2[C@@H](Nc1ccc(C(F)(F)F)cc1N)c1ccnc2ccc(OC)cc12. The molecule has 3 N–H and O–H groups in total. The number of nitrogens with one attached hydrogen (secondary N) is 1. The largest absolute Gasteiger partial charge is 0.497 e. The number of nitrogen functional groups attached to an aromatic ring is 1. The number of nitrogens with two attached hydrogens (primary N) is 1. The quantitative estimate of drug-likeness (QED) is 0.339. The van der Waals surface area contributed by atoms with E-state index in [1.807, 2.05) is 24.3 Å². The number of methoxy groups -OCH3 is 1. The summed E-state index contributed by atoms with van der Waals surface area (Å²) in [6.07, 6.45) is 1.46. The molecule has 4 heterocycles. The molecule has 6 rings (SSSR count). The second kappa shape index (κ2) is 9.07. The standard InChI is InChI=1S/C27H29F3N4O/c1-3-16-15-34-11-9-17(16)12-25(34)26(33-24-6-4-18(13-22(24)31)27(28,29)30)20-8-10-32-23-7-5-19(35-2)14-21(20)23/h3-8,10,13-14,16-17,25-26,33H,1,9,11-12,15,31H2,2H3/t16?,17-,25-,26-/m0/s1. The van der Waals surface area contributed by atoms with Crippen molar-refractivity contribution in [1.29, 1.82) is 0 Å². The van der Waals surface area contributed by atoms with E-state index in [2.05, 4.69) is 27.9 Å². The molecule has 2 aromatic carbocycles. The highest BCUT2D eigenvalue weighted by molar-refractivity contribution is 5.84. The van der Waals surface area contributed by atoms with E-state index in [1.165, 1.54) is 6.07 Å². The molecule has 3 fully saturated rings. The highest BCUT2D eigenvalue weighted by atomic mass is 19.4. The van der Waals surface area contributed by atoms with Crippen molar-refractivity contribution in [3.05, 3.63) is 72.4 Å². The van der Waals surface area contributed by atoms with Crippen molar-refractivity contribution < 1.29 is 17.9 Å². The van der Waals surface area contributed by atoms with Gasteiger partial charge in [0.25, 0.3) is 0 Å². The minimum Gasteiger partial charge on any atom is -0.497 e. The average Bonchev–Trinajstić information content (AvgIpc) is 2.87. The summed E-state index contributed by atoms with van der Waals surface area (Å²) in [6.45, 7) is 5.93. The maximum Gasteiger partial charge on any atom is 0.416 e. The smallest absolute Gasteiger partial charge is 0.416 e. The lowest BCUT2D eigenvalue weighted by atomic mass is 9.73. The van der Waals surface area contributed by atoms with Crippen LogP contribution < -0.4 is 15.8 Å². The fraction of sp³-hybridized carbons (Fsp3) is 0.370. The summed E-state index contributed by atoms with van der Waals surface area (Å²) in [6, 6.07) is 11.2. The van der Waals surface area contributed by atoms with Gasteiger partial charge in [0.05, 0.1) is 35.6 Å². The highest BCUT2D eigenvalue weighted by Gasteiger charge is 2.43. The van der Waals surface area contributed by atoms with Crippen molar-refractivity contribution in [1.82, 2.24) is 9.88 Å². The molecule has 0 radical (unpaired) electrons. The van der Waals surface area contributed by atoms with E-state index in [-0.39, 0.29) is 17.8 Å². The summed E-state index contributed by atoms with van der Waals surface area (Å²) in [5.41, 5.74) is 7.77. The normalized spacial score (nSPS) is 24.8. The average molecular weight is 483 g/mol. The van der Waals surface area contributed by atoms with Gasteiger partial charge >= 0.3 is 6.18 Å². The zero-order valence-electron chi connectivity index (χ0n) is 19.6. The van der Waals surface area contributed by atoms with Crippen LogP contribution >= 0.6 is 0 Å². The first-order valence-electron chi connectivity index (χ1n) is 11.8. The monoisotopic (exact) mass is 482 g/mol. The lowest BCUT2D eigenvalue weighted by Gasteiger charge is -2.52.